The van der Waals surface area contributed by atoms with Crippen LogP contribution in [0.2, 0.25) is 0 Å². The fourth-order valence-corrected chi connectivity index (χ4v) is 3.41. The Labute approximate surface area is 125 Å². The first kappa shape index (κ1) is 18.3. The predicted molar refractivity (Wildman–Crippen MR) is 79.9 cm³/mol. The Morgan fingerprint density at radius 3 is 1.67 bits per heavy atom. The first-order chi connectivity index (χ1) is 9.58. The zero-order valence-electron chi connectivity index (χ0n) is 13.2. The van der Waals surface area contributed by atoms with E-state index in [1.807, 2.05) is 20.8 Å². The van der Waals surface area contributed by atoms with Crippen molar-refractivity contribution in [2.45, 2.75) is 45.7 Å². The van der Waals surface area contributed by atoms with Crippen LogP contribution in [0.25, 0.3) is 0 Å². The zero-order valence-corrected chi connectivity index (χ0v) is 14.0. The molecule has 0 unspecified atom stereocenters. The summed E-state index contributed by atoms with van der Waals surface area (Å²) in [4.78, 5) is 0. The molecule has 0 aliphatic rings. The van der Waals surface area contributed by atoms with Crippen molar-refractivity contribution in [1.29, 1.82) is 0 Å². The Bertz CT molecular complexity index is 497. The fourth-order valence-electron chi connectivity index (χ4n) is 1.87. The first-order valence-electron chi connectivity index (χ1n) is 6.96. The lowest BCUT2D eigenvalue weighted by Gasteiger charge is -2.26. The van der Waals surface area contributed by atoms with E-state index in [-0.39, 0.29) is 24.2 Å². The van der Waals surface area contributed by atoms with Crippen LogP contribution in [0.3, 0.4) is 0 Å². The lowest BCUT2D eigenvalue weighted by molar-refractivity contribution is 0.0360. The van der Waals surface area contributed by atoms with Gasteiger partial charge in [-0.3, -0.25) is 4.57 Å². The van der Waals surface area contributed by atoms with Crippen LogP contribution in [0.5, 0.6) is 0 Å². The molecule has 120 valence electrons. The molecule has 0 N–H and O–H groups in total. The van der Waals surface area contributed by atoms with Gasteiger partial charge < -0.3 is 9.05 Å². The summed E-state index contributed by atoms with van der Waals surface area (Å²) in [6, 6.07) is 5.80. The summed E-state index contributed by atoms with van der Waals surface area (Å²) in [5.74, 6) is 0. The third-order valence-corrected chi connectivity index (χ3v) is 5.18. The third kappa shape index (κ3) is 3.91. The quantitative estimate of drug-likeness (QED) is 0.667. The molecule has 21 heavy (non-hydrogen) atoms. The summed E-state index contributed by atoms with van der Waals surface area (Å²) in [6.45, 7) is 8.77. The molecule has 1 aromatic carbocycles. The molecule has 1 rings (SSSR count). The van der Waals surface area contributed by atoms with Gasteiger partial charge in [-0.05, 0) is 24.8 Å². The standard InChI is InChI=1S/C15H23F2O3P/c1-6-19-21(18,20-7-2)15(16,17)13-10-8-12(9-11-13)14(3,4)5/h8-11H,6-7H2,1-5H3. The molecule has 0 heterocycles. The predicted octanol–water partition coefficient (Wildman–Crippen LogP) is 5.30. The number of hydrogen-bond acceptors (Lipinski definition) is 3. The second-order valence-corrected chi connectivity index (χ2v) is 7.77. The Morgan fingerprint density at radius 1 is 0.952 bits per heavy atom. The smallest absolute Gasteiger partial charge is 0.304 e. The fraction of sp³-hybridized carbons (Fsp3) is 0.600. The van der Waals surface area contributed by atoms with Gasteiger partial charge in [0.25, 0.3) is 0 Å². The maximum atomic E-state index is 14.5. The number of hydrogen-bond donors (Lipinski definition) is 0. The highest BCUT2D eigenvalue weighted by atomic mass is 31.2. The number of halogens is 2. The van der Waals surface area contributed by atoms with Gasteiger partial charge in [-0.2, -0.15) is 8.78 Å². The van der Waals surface area contributed by atoms with Crippen LogP contribution < -0.4 is 0 Å². The van der Waals surface area contributed by atoms with Crippen LogP contribution in [-0.4, -0.2) is 13.2 Å². The van der Waals surface area contributed by atoms with Gasteiger partial charge in [0.05, 0.1) is 13.2 Å². The van der Waals surface area contributed by atoms with Gasteiger partial charge >= 0.3 is 13.3 Å². The Balaban J connectivity index is 3.19. The first-order valence-corrected chi connectivity index (χ1v) is 8.50. The minimum Gasteiger partial charge on any atom is -0.304 e. The van der Waals surface area contributed by atoms with Gasteiger partial charge in [0.2, 0.25) is 0 Å². The third-order valence-electron chi connectivity index (χ3n) is 3.04. The van der Waals surface area contributed by atoms with E-state index in [4.69, 9.17) is 9.05 Å². The molecule has 3 nitrogen and oxygen atoms in total. The van der Waals surface area contributed by atoms with Crippen molar-refractivity contribution in [3.05, 3.63) is 35.4 Å². The molecule has 0 radical (unpaired) electrons. The van der Waals surface area contributed by atoms with Crippen LogP contribution in [0.4, 0.5) is 8.78 Å². The van der Waals surface area contributed by atoms with E-state index in [0.29, 0.717) is 0 Å². The summed E-state index contributed by atoms with van der Waals surface area (Å²) in [5, 5.41) is 0. The number of alkyl halides is 2. The highest BCUT2D eigenvalue weighted by molar-refractivity contribution is 7.54. The highest BCUT2D eigenvalue weighted by Gasteiger charge is 2.54. The summed E-state index contributed by atoms with van der Waals surface area (Å²) < 4.78 is 50.9. The average molecular weight is 320 g/mol. The van der Waals surface area contributed by atoms with E-state index in [9.17, 15) is 13.3 Å². The molecule has 0 bridgehead atoms. The molecule has 0 aliphatic carbocycles. The minimum atomic E-state index is -4.53. The van der Waals surface area contributed by atoms with Crippen molar-refractivity contribution < 1.29 is 22.4 Å². The molecule has 0 atom stereocenters. The number of benzene rings is 1. The maximum absolute atomic E-state index is 14.5. The largest absolute Gasteiger partial charge is 0.404 e. The number of rotatable bonds is 6. The van der Waals surface area contributed by atoms with Crippen molar-refractivity contribution in [3.8, 4) is 0 Å². The lowest BCUT2D eigenvalue weighted by Crippen LogP contribution is -2.19. The Hall–Kier alpha value is -0.770. The zero-order chi connectivity index (χ0) is 16.3. The Kier molecular flexibility index (Phi) is 5.70. The van der Waals surface area contributed by atoms with Crippen molar-refractivity contribution in [2.75, 3.05) is 13.2 Å². The second kappa shape index (κ2) is 6.55. The van der Waals surface area contributed by atoms with Crippen LogP contribution >= 0.6 is 7.60 Å². The molecule has 0 fully saturated rings. The molecular weight excluding hydrogens is 297 g/mol. The van der Waals surface area contributed by atoms with Crippen LogP contribution in [-0.2, 0) is 24.7 Å². The highest BCUT2D eigenvalue weighted by Crippen LogP contribution is 2.66. The average Bonchev–Trinajstić information content (AvgIpc) is 2.38. The Morgan fingerprint density at radius 2 is 1.33 bits per heavy atom. The summed E-state index contributed by atoms with van der Waals surface area (Å²) >= 11 is 0. The molecule has 0 saturated carbocycles. The van der Waals surface area contributed by atoms with E-state index in [1.165, 1.54) is 26.0 Å². The minimum absolute atomic E-state index is 0.104. The molecule has 1 aromatic rings. The SMILES string of the molecule is CCOP(=O)(OCC)C(F)(F)c1ccc(C(C)(C)C)cc1. The molecule has 0 saturated heterocycles. The van der Waals surface area contributed by atoms with Crippen molar-refractivity contribution in [2.24, 2.45) is 0 Å². The topological polar surface area (TPSA) is 35.5 Å². The summed E-state index contributed by atoms with van der Waals surface area (Å²) in [6.07, 6.45) is 0. The molecule has 0 aliphatic heterocycles. The molecule has 0 amide bonds. The lowest BCUT2D eigenvalue weighted by atomic mass is 9.87. The monoisotopic (exact) mass is 320 g/mol. The van der Waals surface area contributed by atoms with Crippen molar-refractivity contribution in [3.63, 3.8) is 0 Å². The maximum Gasteiger partial charge on any atom is 0.404 e. The van der Waals surface area contributed by atoms with Crippen molar-refractivity contribution >= 4 is 7.60 Å². The van der Waals surface area contributed by atoms with Gasteiger partial charge in [0.15, 0.2) is 0 Å². The van der Waals surface area contributed by atoms with E-state index in [2.05, 4.69) is 0 Å². The van der Waals surface area contributed by atoms with Crippen molar-refractivity contribution in [1.82, 2.24) is 0 Å². The second-order valence-electron chi connectivity index (χ2n) is 5.70. The van der Waals surface area contributed by atoms with Gasteiger partial charge in [0.1, 0.15) is 0 Å². The van der Waals surface area contributed by atoms with Gasteiger partial charge in [0, 0.05) is 5.56 Å². The molecular formula is C15H23F2O3P. The molecule has 0 aromatic heterocycles. The van der Waals surface area contributed by atoms with E-state index < -0.39 is 13.3 Å². The van der Waals surface area contributed by atoms with Gasteiger partial charge in [-0.15, -0.1) is 0 Å². The van der Waals surface area contributed by atoms with Crippen LogP contribution in [0, 0.1) is 0 Å². The van der Waals surface area contributed by atoms with Crippen LogP contribution in [0.1, 0.15) is 45.7 Å². The molecule has 6 heteroatoms. The van der Waals surface area contributed by atoms with E-state index >= 15 is 0 Å². The van der Waals surface area contributed by atoms with E-state index in [1.54, 1.807) is 12.1 Å². The normalized spacial score (nSPS) is 13.5. The van der Waals surface area contributed by atoms with Gasteiger partial charge in [-0.1, -0.05) is 45.0 Å². The van der Waals surface area contributed by atoms with Gasteiger partial charge in [-0.25, -0.2) is 0 Å². The van der Waals surface area contributed by atoms with E-state index in [0.717, 1.165) is 5.56 Å². The summed E-state index contributed by atoms with van der Waals surface area (Å²) in [7, 11) is -4.53. The van der Waals surface area contributed by atoms with Crippen LogP contribution in [0.15, 0.2) is 24.3 Å². The summed E-state index contributed by atoms with van der Waals surface area (Å²) in [5.41, 5.74) is -3.25. The molecule has 0 spiro atoms.